The van der Waals surface area contributed by atoms with E-state index in [0.29, 0.717) is 6.04 Å². The Morgan fingerprint density at radius 1 is 1.14 bits per heavy atom. The van der Waals surface area contributed by atoms with Crippen LogP contribution in [0.5, 0.6) is 0 Å². The molecule has 0 bridgehead atoms. The molecule has 0 atom stereocenters. The van der Waals surface area contributed by atoms with Crippen molar-refractivity contribution in [1.82, 2.24) is 9.47 Å². The average Bonchev–Trinajstić information content (AvgIpc) is 2.64. The lowest BCUT2D eigenvalue weighted by molar-refractivity contribution is 0.266. The molecular weight excluding hydrogens is 172 g/mol. The fourth-order valence-electron chi connectivity index (χ4n) is 1.43. The molecule has 0 fully saturated rings. The van der Waals surface area contributed by atoms with Crippen molar-refractivity contribution in [3.8, 4) is 0 Å². The Labute approximate surface area is 87.5 Å². The predicted molar refractivity (Wildman–Crippen MR) is 61.4 cm³/mol. The number of hydrogen-bond acceptors (Lipinski definition) is 1. The normalized spacial score (nSPS) is 11.5. The second kappa shape index (κ2) is 5.86. The monoisotopic (exact) mass is 194 g/mol. The van der Waals surface area contributed by atoms with Crippen LogP contribution in [0.25, 0.3) is 0 Å². The maximum Gasteiger partial charge on any atom is 0.0220 e. The third-order valence-corrected chi connectivity index (χ3v) is 2.72. The van der Waals surface area contributed by atoms with Crippen LogP contribution in [0, 0.1) is 0 Å². The molecule has 1 rings (SSSR count). The van der Waals surface area contributed by atoms with Gasteiger partial charge < -0.3 is 9.47 Å². The molecule has 1 aromatic heterocycles. The first kappa shape index (κ1) is 11.3. The van der Waals surface area contributed by atoms with E-state index in [2.05, 4.69) is 54.9 Å². The van der Waals surface area contributed by atoms with E-state index in [-0.39, 0.29) is 0 Å². The lowest BCUT2D eigenvalue weighted by Crippen LogP contribution is -2.27. The van der Waals surface area contributed by atoms with Crippen molar-refractivity contribution in [2.75, 3.05) is 13.6 Å². The van der Waals surface area contributed by atoms with E-state index >= 15 is 0 Å². The Hall–Kier alpha value is -0.760. The van der Waals surface area contributed by atoms with Crippen LogP contribution in [0.4, 0.5) is 0 Å². The molecule has 0 aliphatic rings. The van der Waals surface area contributed by atoms with Gasteiger partial charge in [-0.05, 0) is 52.4 Å². The van der Waals surface area contributed by atoms with Gasteiger partial charge in [0, 0.05) is 25.0 Å². The van der Waals surface area contributed by atoms with Gasteiger partial charge in [0.2, 0.25) is 0 Å². The van der Waals surface area contributed by atoms with Gasteiger partial charge in [0.05, 0.1) is 0 Å². The van der Waals surface area contributed by atoms with Crippen LogP contribution in [0.15, 0.2) is 24.5 Å². The molecule has 2 heteroatoms. The molecule has 0 radical (unpaired) electrons. The number of aromatic nitrogens is 1. The Balaban J connectivity index is 2.05. The summed E-state index contributed by atoms with van der Waals surface area (Å²) in [5, 5.41) is 0. The summed E-state index contributed by atoms with van der Waals surface area (Å²) >= 11 is 0. The van der Waals surface area contributed by atoms with Crippen molar-refractivity contribution in [2.45, 2.75) is 39.3 Å². The highest BCUT2D eigenvalue weighted by Crippen LogP contribution is 2.00. The molecule has 2 nitrogen and oxygen atoms in total. The highest BCUT2D eigenvalue weighted by atomic mass is 15.1. The maximum absolute atomic E-state index is 2.40. The lowest BCUT2D eigenvalue weighted by atomic mass is 10.2. The summed E-state index contributed by atoms with van der Waals surface area (Å²) in [7, 11) is 2.19. The van der Waals surface area contributed by atoms with Crippen LogP contribution in [-0.4, -0.2) is 29.1 Å². The summed E-state index contributed by atoms with van der Waals surface area (Å²) in [6.07, 6.45) is 6.82. The number of aryl methyl sites for hydroxylation is 1. The standard InChI is InChI=1S/C12H22N2/c1-12(2)13(3)8-4-5-9-14-10-6-7-11-14/h6-7,10-12H,4-5,8-9H2,1-3H3. The highest BCUT2D eigenvalue weighted by molar-refractivity contribution is 4.89. The van der Waals surface area contributed by atoms with E-state index in [1.807, 2.05) is 0 Å². The molecular formula is C12H22N2. The van der Waals surface area contributed by atoms with Crippen LogP contribution in [0.3, 0.4) is 0 Å². The number of nitrogens with zero attached hydrogens (tertiary/aromatic N) is 2. The minimum atomic E-state index is 0.668. The van der Waals surface area contributed by atoms with E-state index in [0.717, 1.165) is 6.54 Å². The lowest BCUT2D eigenvalue weighted by Gasteiger charge is -2.20. The van der Waals surface area contributed by atoms with Gasteiger partial charge >= 0.3 is 0 Å². The highest BCUT2D eigenvalue weighted by Gasteiger charge is 2.01. The molecule has 0 saturated heterocycles. The molecule has 0 unspecified atom stereocenters. The Bertz CT molecular complexity index is 226. The van der Waals surface area contributed by atoms with Crippen molar-refractivity contribution < 1.29 is 0 Å². The summed E-state index contributed by atoms with van der Waals surface area (Å²) in [5.74, 6) is 0. The maximum atomic E-state index is 2.40. The van der Waals surface area contributed by atoms with Crippen LogP contribution in [-0.2, 0) is 6.54 Å². The van der Waals surface area contributed by atoms with E-state index in [4.69, 9.17) is 0 Å². The molecule has 0 aliphatic heterocycles. The minimum Gasteiger partial charge on any atom is -0.354 e. The number of rotatable bonds is 6. The SMILES string of the molecule is CC(C)N(C)CCCCn1cccc1. The Morgan fingerprint density at radius 3 is 2.36 bits per heavy atom. The van der Waals surface area contributed by atoms with Gasteiger partial charge in [-0.25, -0.2) is 0 Å². The van der Waals surface area contributed by atoms with Crippen LogP contribution in [0.1, 0.15) is 26.7 Å². The van der Waals surface area contributed by atoms with Crippen molar-refractivity contribution in [1.29, 1.82) is 0 Å². The van der Waals surface area contributed by atoms with Gasteiger partial charge in [0.1, 0.15) is 0 Å². The first-order chi connectivity index (χ1) is 6.70. The fraction of sp³-hybridized carbons (Fsp3) is 0.667. The van der Waals surface area contributed by atoms with Gasteiger partial charge in [-0.1, -0.05) is 0 Å². The molecule has 0 spiro atoms. The van der Waals surface area contributed by atoms with Gasteiger partial charge in [-0.3, -0.25) is 0 Å². The molecule has 1 heterocycles. The number of unbranched alkanes of at least 4 members (excludes halogenated alkanes) is 1. The van der Waals surface area contributed by atoms with Gasteiger partial charge in [0.15, 0.2) is 0 Å². The first-order valence-corrected chi connectivity index (χ1v) is 5.51. The van der Waals surface area contributed by atoms with E-state index in [9.17, 15) is 0 Å². The van der Waals surface area contributed by atoms with E-state index in [1.165, 1.54) is 19.4 Å². The fourth-order valence-corrected chi connectivity index (χ4v) is 1.43. The molecule has 0 aromatic carbocycles. The molecule has 0 saturated carbocycles. The summed E-state index contributed by atoms with van der Waals surface area (Å²) in [6.45, 7) is 6.84. The van der Waals surface area contributed by atoms with Gasteiger partial charge in [-0.15, -0.1) is 0 Å². The molecule has 0 N–H and O–H groups in total. The zero-order valence-corrected chi connectivity index (χ0v) is 9.61. The zero-order chi connectivity index (χ0) is 10.4. The second-order valence-corrected chi connectivity index (χ2v) is 4.20. The Kier molecular flexibility index (Phi) is 4.74. The largest absolute Gasteiger partial charge is 0.354 e. The van der Waals surface area contributed by atoms with Crippen molar-refractivity contribution in [2.24, 2.45) is 0 Å². The van der Waals surface area contributed by atoms with Gasteiger partial charge in [0.25, 0.3) is 0 Å². The first-order valence-electron chi connectivity index (χ1n) is 5.51. The predicted octanol–water partition coefficient (Wildman–Crippen LogP) is 2.61. The van der Waals surface area contributed by atoms with Crippen LogP contribution >= 0.6 is 0 Å². The topological polar surface area (TPSA) is 8.17 Å². The molecule has 14 heavy (non-hydrogen) atoms. The van der Waals surface area contributed by atoms with Crippen LogP contribution < -0.4 is 0 Å². The molecule has 0 amide bonds. The zero-order valence-electron chi connectivity index (χ0n) is 9.61. The van der Waals surface area contributed by atoms with Crippen molar-refractivity contribution >= 4 is 0 Å². The van der Waals surface area contributed by atoms with Crippen molar-refractivity contribution in [3.05, 3.63) is 24.5 Å². The molecule has 1 aromatic rings. The third kappa shape index (κ3) is 3.97. The molecule has 0 aliphatic carbocycles. The molecule has 80 valence electrons. The van der Waals surface area contributed by atoms with Crippen molar-refractivity contribution in [3.63, 3.8) is 0 Å². The Morgan fingerprint density at radius 2 is 1.79 bits per heavy atom. The quantitative estimate of drug-likeness (QED) is 0.632. The summed E-state index contributed by atoms with van der Waals surface area (Å²) < 4.78 is 2.25. The summed E-state index contributed by atoms with van der Waals surface area (Å²) in [6, 6.07) is 4.84. The second-order valence-electron chi connectivity index (χ2n) is 4.20. The minimum absolute atomic E-state index is 0.668. The average molecular weight is 194 g/mol. The van der Waals surface area contributed by atoms with Crippen LogP contribution in [0.2, 0.25) is 0 Å². The summed E-state index contributed by atoms with van der Waals surface area (Å²) in [4.78, 5) is 2.40. The van der Waals surface area contributed by atoms with E-state index < -0.39 is 0 Å². The number of hydrogen-bond donors (Lipinski definition) is 0. The van der Waals surface area contributed by atoms with E-state index in [1.54, 1.807) is 0 Å². The smallest absolute Gasteiger partial charge is 0.0220 e. The summed E-state index contributed by atoms with van der Waals surface area (Å²) in [5.41, 5.74) is 0. The third-order valence-electron chi connectivity index (χ3n) is 2.72. The van der Waals surface area contributed by atoms with Gasteiger partial charge in [-0.2, -0.15) is 0 Å².